The maximum Gasteiger partial charge on any atom is 0.132 e. The molecule has 5 nitrogen and oxygen atoms in total. The van der Waals surface area contributed by atoms with Gasteiger partial charge in [0.25, 0.3) is 0 Å². The van der Waals surface area contributed by atoms with E-state index in [0.29, 0.717) is 5.92 Å². The van der Waals surface area contributed by atoms with Gasteiger partial charge in [-0.15, -0.1) is 0 Å². The quantitative estimate of drug-likeness (QED) is 0.871. The second-order valence-electron chi connectivity index (χ2n) is 6.09. The molecule has 0 unspecified atom stereocenters. The van der Waals surface area contributed by atoms with Crippen LogP contribution in [0.5, 0.6) is 0 Å². The van der Waals surface area contributed by atoms with Gasteiger partial charge < -0.3 is 9.80 Å². The normalized spacial score (nSPS) is 18.3. The van der Waals surface area contributed by atoms with Gasteiger partial charge in [-0.2, -0.15) is 0 Å². The monoisotopic (exact) mass is 297 g/mol. The molecule has 0 spiro atoms. The lowest BCUT2D eigenvalue weighted by molar-refractivity contribution is 0.506. The molecule has 0 amide bonds. The molecule has 0 saturated carbocycles. The average Bonchev–Trinajstić information content (AvgIpc) is 2.55. The van der Waals surface area contributed by atoms with Crippen LogP contribution in [0.1, 0.15) is 30.1 Å². The summed E-state index contributed by atoms with van der Waals surface area (Å²) < 4.78 is 0. The van der Waals surface area contributed by atoms with Crippen molar-refractivity contribution in [2.45, 2.75) is 25.7 Å². The number of piperidine rings is 1. The lowest BCUT2D eigenvalue weighted by Crippen LogP contribution is -2.35. The van der Waals surface area contributed by atoms with Crippen LogP contribution < -0.4 is 9.80 Å². The maximum absolute atomic E-state index is 4.56. The standard InChI is InChI=1S/C17H23N5/c1-13-18-9-7-16(20-13)22-10-4-5-15(12-22)14-6-8-19-17(11-14)21(2)3/h6-9,11,15H,4-5,10,12H2,1-3H3/t15-/m1/s1. The van der Waals surface area contributed by atoms with Crippen molar-refractivity contribution in [3.8, 4) is 0 Å². The molecular weight excluding hydrogens is 274 g/mol. The molecule has 1 aliphatic rings. The number of nitrogens with zero attached hydrogens (tertiary/aromatic N) is 5. The molecule has 1 fully saturated rings. The zero-order valence-electron chi connectivity index (χ0n) is 13.5. The third kappa shape index (κ3) is 3.18. The summed E-state index contributed by atoms with van der Waals surface area (Å²) in [7, 11) is 4.06. The molecule has 2 aromatic rings. The minimum absolute atomic E-state index is 0.533. The number of hydrogen-bond donors (Lipinski definition) is 0. The minimum atomic E-state index is 0.533. The first-order chi connectivity index (χ1) is 10.6. The summed E-state index contributed by atoms with van der Waals surface area (Å²) >= 11 is 0. The fraction of sp³-hybridized carbons (Fsp3) is 0.471. The second-order valence-corrected chi connectivity index (χ2v) is 6.09. The van der Waals surface area contributed by atoms with E-state index in [4.69, 9.17) is 0 Å². The highest BCUT2D eigenvalue weighted by atomic mass is 15.2. The fourth-order valence-corrected chi connectivity index (χ4v) is 3.01. The van der Waals surface area contributed by atoms with Gasteiger partial charge in [-0.1, -0.05) is 0 Å². The Bertz CT molecular complexity index is 640. The smallest absolute Gasteiger partial charge is 0.132 e. The second kappa shape index (κ2) is 6.30. The molecule has 0 aromatic carbocycles. The van der Waals surface area contributed by atoms with E-state index in [1.165, 1.54) is 18.4 Å². The third-order valence-corrected chi connectivity index (χ3v) is 4.21. The molecular formula is C17H23N5. The van der Waals surface area contributed by atoms with Gasteiger partial charge >= 0.3 is 0 Å². The van der Waals surface area contributed by atoms with Crippen LogP contribution in [0.15, 0.2) is 30.6 Å². The first-order valence-electron chi connectivity index (χ1n) is 7.81. The molecule has 0 radical (unpaired) electrons. The highest BCUT2D eigenvalue weighted by Gasteiger charge is 2.22. The predicted octanol–water partition coefficient (Wildman–Crippen LogP) is 2.63. The van der Waals surface area contributed by atoms with Gasteiger partial charge in [0, 0.05) is 45.5 Å². The Morgan fingerprint density at radius 2 is 2.00 bits per heavy atom. The Labute approximate surface area is 132 Å². The molecule has 0 N–H and O–H groups in total. The summed E-state index contributed by atoms with van der Waals surface area (Å²) in [4.78, 5) is 17.6. The molecule has 1 saturated heterocycles. The van der Waals surface area contributed by atoms with Gasteiger partial charge in [-0.3, -0.25) is 0 Å². The number of aryl methyl sites for hydroxylation is 1. The van der Waals surface area contributed by atoms with Crippen molar-refractivity contribution in [2.75, 3.05) is 37.0 Å². The summed E-state index contributed by atoms with van der Waals surface area (Å²) in [5.41, 5.74) is 1.37. The summed E-state index contributed by atoms with van der Waals surface area (Å²) in [6.07, 6.45) is 6.17. The highest BCUT2D eigenvalue weighted by Crippen LogP contribution is 2.30. The van der Waals surface area contributed by atoms with Crippen molar-refractivity contribution in [3.05, 3.63) is 42.0 Å². The summed E-state index contributed by atoms with van der Waals surface area (Å²) in [5, 5.41) is 0. The lowest BCUT2D eigenvalue weighted by Gasteiger charge is -2.34. The number of hydrogen-bond acceptors (Lipinski definition) is 5. The van der Waals surface area contributed by atoms with Crippen LogP contribution in [0.2, 0.25) is 0 Å². The van der Waals surface area contributed by atoms with Gasteiger partial charge in [0.2, 0.25) is 0 Å². The van der Waals surface area contributed by atoms with E-state index in [2.05, 4.69) is 36.9 Å². The number of rotatable bonds is 3. The zero-order chi connectivity index (χ0) is 15.5. The van der Waals surface area contributed by atoms with Crippen LogP contribution >= 0.6 is 0 Å². The Kier molecular flexibility index (Phi) is 4.22. The van der Waals surface area contributed by atoms with E-state index < -0.39 is 0 Å². The van der Waals surface area contributed by atoms with E-state index in [-0.39, 0.29) is 0 Å². The van der Waals surface area contributed by atoms with Gasteiger partial charge in [0.05, 0.1) is 0 Å². The van der Waals surface area contributed by atoms with Crippen molar-refractivity contribution in [3.63, 3.8) is 0 Å². The average molecular weight is 297 g/mol. The third-order valence-electron chi connectivity index (χ3n) is 4.21. The van der Waals surface area contributed by atoms with Crippen LogP contribution in [0.3, 0.4) is 0 Å². The van der Waals surface area contributed by atoms with E-state index in [1.807, 2.05) is 39.5 Å². The van der Waals surface area contributed by atoms with E-state index in [0.717, 1.165) is 30.5 Å². The van der Waals surface area contributed by atoms with Crippen molar-refractivity contribution >= 4 is 11.6 Å². The molecule has 1 atom stereocenters. The SMILES string of the molecule is Cc1nccc(N2CCC[C@@H](c3ccnc(N(C)C)c3)C2)n1. The molecule has 0 aliphatic carbocycles. The minimum Gasteiger partial charge on any atom is -0.363 e. The van der Waals surface area contributed by atoms with Crippen LogP contribution in [0.25, 0.3) is 0 Å². The lowest BCUT2D eigenvalue weighted by atomic mass is 9.91. The predicted molar refractivity (Wildman–Crippen MR) is 89.5 cm³/mol. The van der Waals surface area contributed by atoms with E-state index in [9.17, 15) is 0 Å². The maximum atomic E-state index is 4.56. The Morgan fingerprint density at radius 3 is 2.77 bits per heavy atom. The van der Waals surface area contributed by atoms with Gasteiger partial charge in [-0.25, -0.2) is 15.0 Å². The van der Waals surface area contributed by atoms with Crippen molar-refractivity contribution in [1.82, 2.24) is 15.0 Å². The van der Waals surface area contributed by atoms with E-state index in [1.54, 1.807) is 0 Å². The number of pyridine rings is 1. The van der Waals surface area contributed by atoms with Crippen molar-refractivity contribution in [1.29, 1.82) is 0 Å². The first kappa shape index (κ1) is 14.8. The van der Waals surface area contributed by atoms with Crippen LogP contribution in [-0.2, 0) is 0 Å². The van der Waals surface area contributed by atoms with Crippen molar-refractivity contribution in [2.24, 2.45) is 0 Å². The Morgan fingerprint density at radius 1 is 1.18 bits per heavy atom. The van der Waals surface area contributed by atoms with Gasteiger partial charge in [0.15, 0.2) is 0 Å². The van der Waals surface area contributed by atoms with Crippen LogP contribution in [0.4, 0.5) is 11.6 Å². The molecule has 1 aliphatic heterocycles. The largest absolute Gasteiger partial charge is 0.363 e. The van der Waals surface area contributed by atoms with Crippen LogP contribution in [-0.4, -0.2) is 42.1 Å². The fourth-order valence-electron chi connectivity index (χ4n) is 3.01. The number of aromatic nitrogens is 3. The molecule has 0 bridgehead atoms. The van der Waals surface area contributed by atoms with E-state index >= 15 is 0 Å². The Balaban J connectivity index is 1.79. The summed E-state index contributed by atoms with van der Waals surface area (Å²) in [6.45, 7) is 4.02. The zero-order valence-corrected chi connectivity index (χ0v) is 13.5. The topological polar surface area (TPSA) is 45.2 Å². The number of anilines is 2. The Hall–Kier alpha value is -2.17. The summed E-state index contributed by atoms with van der Waals surface area (Å²) in [5.74, 6) is 3.43. The summed E-state index contributed by atoms with van der Waals surface area (Å²) in [6, 6.07) is 6.36. The molecule has 3 rings (SSSR count). The van der Waals surface area contributed by atoms with Gasteiger partial charge in [0.1, 0.15) is 17.5 Å². The van der Waals surface area contributed by atoms with Gasteiger partial charge in [-0.05, 0) is 43.5 Å². The molecule has 22 heavy (non-hydrogen) atoms. The van der Waals surface area contributed by atoms with Crippen LogP contribution in [0, 0.1) is 6.92 Å². The highest BCUT2D eigenvalue weighted by molar-refractivity contribution is 5.43. The molecule has 5 heteroatoms. The van der Waals surface area contributed by atoms with Crippen molar-refractivity contribution < 1.29 is 0 Å². The molecule has 3 heterocycles. The molecule has 116 valence electrons. The molecule has 2 aromatic heterocycles. The first-order valence-corrected chi connectivity index (χ1v) is 7.81.